The maximum Gasteiger partial charge on any atom is 0.0309 e. The summed E-state index contributed by atoms with van der Waals surface area (Å²) in [5, 5.41) is 3.89. The third kappa shape index (κ3) is 3.32. The SMILES string of the molecule is CCC1CNC2(CCCC2)CN1Cc1cc(C)cc(C)c1. The van der Waals surface area contributed by atoms with Gasteiger partial charge in [0.25, 0.3) is 0 Å². The summed E-state index contributed by atoms with van der Waals surface area (Å²) in [6, 6.07) is 7.69. The summed E-state index contributed by atoms with van der Waals surface area (Å²) in [6.45, 7) is 10.3. The Bertz CT molecular complexity index is 468. The zero-order valence-corrected chi connectivity index (χ0v) is 13.9. The molecule has 2 heteroatoms. The Balaban J connectivity index is 1.76. The summed E-state index contributed by atoms with van der Waals surface area (Å²) in [4.78, 5) is 2.75. The molecule has 1 saturated heterocycles. The Hall–Kier alpha value is -0.860. The molecule has 1 aliphatic heterocycles. The molecule has 1 atom stereocenters. The maximum absolute atomic E-state index is 3.89. The zero-order chi connectivity index (χ0) is 14.9. The second-order valence-electron chi connectivity index (χ2n) is 7.33. The number of nitrogens with zero attached hydrogens (tertiary/aromatic N) is 1. The highest BCUT2D eigenvalue weighted by Crippen LogP contribution is 2.34. The van der Waals surface area contributed by atoms with Crippen molar-refractivity contribution in [3.8, 4) is 0 Å². The molecule has 3 rings (SSSR count). The monoisotopic (exact) mass is 286 g/mol. The van der Waals surface area contributed by atoms with E-state index in [0.29, 0.717) is 11.6 Å². The lowest BCUT2D eigenvalue weighted by Crippen LogP contribution is -2.62. The number of nitrogens with one attached hydrogen (secondary N) is 1. The molecular formula is C19H30N2. The lowest BCUT2D eigenvalue weighted by atomic mass is 9.91. The number of piperazine rings is 1. The van der Waals surface area contributed by atoms with Gasteiger partial charge >= 0.3 is 0 Å². The topological polar surface area (TPSA) is 15.3 Å². The van der Waals surface area contributed by atoms with Gasteiger partial charge in [-0.25, -0.2) is 0 Å². The van der Waals surface area contributed by atoms with Crippen molar-refractivity contribution < 1.29 is 0 Å². The molecule has 21 heavy (non-hydrogen) atoms. The van der Waals surface area contributed by atoms with Crippen molar-refractivity contribution in [3.63, 3.8) is 0 Å². The average molecular weight is 286 g/mol. The van der Waals surface area contributed by atoms with Gasteiger partial charge in [0.05, 0.1) is 0 Å². The third-order valence-corrected chi connectivity index (χ3v) is 5.43. The van der Waals surface area contributed by atoms with E-state index >= 15 is 0 Å². The van der Waals surface area contributed by atoms with Crippen LogP contribution >= 0.6 is 0 Å². The van der Waals surface area contributed by atoms with Gasteiger partial charge in [-0.3, -0.25) is 4.90 Å². The van der Waals surface area contributed by atoms with E-state index in [1.165, 1.54) is 61.9 Å². The first-order chi connectivity index (χ1) is 10.1. The van der Waals surface area contributed by atoms with Gasteiger partial charge in [0.1, 0.15) is 0 Å². The summed E-state index contributed by atoms with van der Waals surface area (Å²) in [6.07, 6.45) is 6.79. The molecule has 1 saturated carbocycles. The van der Waals surface area contributed by atoms with Crippen LogP contribution in [0.3, 0.4) is 0 Å². The number of hydrogen-bond donors (Lipinski definition) is 1. The molecule has 0 amide bonds. The summed E-state index contributed by atoms with van der Waals surface area (Å²) < 4.78 is 0. The van der Waals surface area contributed by atoms with Gasteiger partial charge in [-0.1, -0.05) is 49.1 Å². The Morgan fingerprint density at radius 2 is 1.81 bits per heavy atom. The maximum atomic E-state index is 3.89. The van der Waals surface area contributed by atoms with Crippen molar-refractivity contribution >= 4 is 0 Å². The second kappa shape index (κ2) is 6.10. The molecule has 0 radical (unpaired) electrons. The Morgan fingerprint density at radius 3 is 2.43 bits per heavy atom. The molecule has 2 aliphatic rings. The highest BCUT2D eigenvalue weighted by molar-refractivity contribution is 5.28. The highest BCUT2D eigenvalue weighted by Gasteiger charge is 2.40. The van der Waals surface area contributed by atoms with Crippen LogP contribution in [-0.2, 0) is 6.54 Å². The first kappa shape index (κ1) is 15.1. The van der Waals surface area contributed by atoms with Crippen molar-refractivity contribution in [2.24, 2.45) is 0 Å². The first-order valence-corrected chi connectivity index (χ1v) is 8.66. The van der Waals surface area contributed by atoms with Crippen LogP contribution in [0.1, 0.15) is 55.7 Å². The van der Waals surface area contributed by atoms with Crippen LogP contribution in [0.25, 0.3) is 0 Å². The second-order valence-corrected chi connectivity index (χ2v) is 7.33. The molecule has 0 bridgehead atoms. The minimum absolute atomic E-state index is 0.421. The minimum atomic E-state index is 0.421. The number of hydrogen-bond acceptors (Lipinski definition) is 2. The predicted molar refractivity (Wildman–Crippen MR) is 89.6 cm³/mol. The van der Waals surface area contributed by atoms with Crippen LogP contribution < -0.4 is 5.32 Å². The van der Waals surface area contributed by atoms with Crippen molar-refractivity contribution in [1.82, 2.24) is 10.2 Å². The van der Waals surface area contributed by atoms with Crippen LogP contribution in [0.15, 0.2) is 18.2 Å². The molecule has 1 unspecified atom stereocenters. The molecule has 1 heterocycles. The molecule has 1 N–H and O–H groups in total. The van der Waals surface area contributed by atoms with E-state index in [4.69, 9.17) is 0 Å². The summed E-state index contributed by atoms with van der Waals surface area (Å²) in [5.74, 6) is 0. The molecule has 2 nitrogen and oxygen atoms in total. The average Bonchev–Trinajstić information content (AvgIpc) is 2.86. The van der Waals surface area contributed by atoms with Crippen LogP contribution in [-0.4, -0.2) is 29.6 Å². The molecule has 1 spiro atoms. The quantitative estimate of drug-likeness (QED) is 0.909. The third-order valence-electron chi connectivity index (χ3n) is 5.43. The Labute approximate surface area is 129 Å². The van der Waals surface area contributed by atoms with Crippen molar-refractivity contribution in [2.45, 2.75) is 71.0 Å². The van der Waals surface area contributed by atoms with E-state index in [1.807, 2.05) is 0 Å². The molecule has 1 aliphatic carbocycles. The van der Waals surface area contributed by atoms with E-state index in [9.17, 15) is 0 Å². The molecular weight excluding hydrogens is 256 g/mol. The van der Waals surface area contributed by atoms with Crippen molar-refractivity contribution in [3.05, 3.63) is 34.9 Å². The zero-order valence-electron chi connectivity index (χ0n) is 13.9. The van der Waals surface area contributed by atoms with Crippen LogP contribution in [0.4, 0.5) is 0 Å². The number of aryl methyl sites for hydroxylation is 2. The van der Waals surface area contributed by atoms with Gasteiger partial charge in [-0.15, -0.1) is 0 Å². The molecule has 0 aromatic heterocycles. The summed E-state index contributed by atoms with van der Waals surface area (Å²) in [5.41, 5.74) is 4.69. The van der Waals surface area contributed by atoms with E-state index in [0.717, 1.165) is 6.54 Å². The fraction of sp³-hybridized carbons (Fsp3) is 0.684. The number of benzene rings is 1. The fourth-order valence-corrected chi connectivity index (χ4v) is 4.41. The van der Waals surface area contributed by atoms with Crippen molar-refractivity contribution in [2.75, 3.05) is 13.1 Å². The molecule has 116 valence electrons. The molecule has 1 aromatic carbocycles. The van der Waals surface area contributed by atoms with E-state index in [-0.39, 0.29) is 0 Å². The van der Waals surface area contributed by atoms with Gasteiger partial charge in [-0.05, 0) is 38.7 Å². The largest absolute Gasteiger partial charge is 0.308 e. The Morgan fingerprint density at radius 1 is 1.14 bits per heavy atom. The highest BCUT2D eigenvalue weighted by atomic mass is 15.3. The lowest BCUT2D eigenvalue weighted by molar-refractivity contribution is 0.0718. The van der Waals surface area contributed by atoms with E-state index in [2.05, 4.69) is 49.2 Å². The van der Waals surface area contributed by atoms with Crippen LogP contribution in [0.5, 0.6) is 0 Å². The normalized spacial score (nSPS) is 25.6. The first-order valence-electron chi connectivity index (χ1n) is 8.66. The lowest BCUT2D eigenvalue weighted by Gasteiger charge is -2.46. The van der Waals surface area contributed by atoms with Gasteiger partial charge < -0.3 is 5.32 Å². The molecule has 1 aromatic rings. The van der Waals surface area contributed by atoms with Gasteiger partial charge in [0.15, 0.2) is 0 Å². The smallest absolute Gasteiger partial charge is 0.0309 e. The minimum Gasteiger partial charge on any atom is -0.308 e. The standard InChI is InChI=1S/C19H30N2/c1-4-18-12-20-19(7-5-6-8-19)14-21(18)13-17-10-15(2)9-16(3)11-17/h9-11,18,20H,4-8,12-14H2,1-3H3. The van der Waals surface area contributed by atoms with Gasteiger partial charge in [0, 0.05) is 31.2 Å². The van der Waals surface area contributed by atoms with E-state index < -0.39 is 0 Å². The van der Waals surface area contributed by atoms with Gasteiger partial charge in [-0.2, -0.15) is 0 Å². The van der Waals surface area contributed by atoms with E-state index in [1.54, 1.807) is 0 Å². The van der Waals surface area contributed by atoms with Crippen molar-refractivity contribution in [1.29, 1.82) is 0 Å². The Kier molecular flexibility index (Phi) is 4.37. The summed E-state index contributed by atoms with van der Waals surface area (Å²) in [7, 11) is 0. The summed E-state index contributed by atoms with van der Waals surface area (Å²) >= 11 is 0. The fourth-order valence-electron chi connectivity index (χ4n) is 4.41. The molecule has 2 fully saturated rings. The van der Waals surface area contributed by atoms with Crippen LogP contribution in [0, 0.1) is 13.8 Å². The predicted octanol–water partition coefficient (Wildman–Crippen LogP) is 3.80. The number of rotatable bonds is 3. The van der Waals surface area contributed by atoms with Crippen LogP contribution in [0.2, 0.25) is 0 Å². The van der Waals surface area contributed by atoms with Gasteiger partial charge in [0.2, 0.25) is 0 Å².